The predicted octanol–water partition coefficient (Wildman–Crippen LogP) is -0.557. The van der Waals surface area contributed by atoms with Gasteiger partial charge in [0.2, 0.25) is 10.0 Å². The zero-order valence-corrected chi connectivity index (χ0v) is 10.6. The molecule has 2 heterocycles. The van der Waals surface area contributed by atoms with Crippen molar-refractivity contribution in [2.24, 2.45) is 5.73 Å². The van der Waals surface area contributed by atoms with Crippen molar-refractivity contribution in [3.05, 3.63) is 0 Å². The van der Waals surface area contributed by atoms with E-state index in [4.69, 9.17) is 5.73 Å². The molecular formula is C10H18N2O4S. The molecule has 0 radical (unpaired) electrons. The maximum atomic E-state index is 12.1. The Balaban J connectivity index is 2.15. The number of ether oxygens (including phenoxy) is 1. The maximum Gasteiger partial charge on any atom is 0.322 e. The van der Waals surface area contributed by atoms with Gasteiger partial charge in [0.05, 0.1) is 7.11 Å². The largest absolute Gasteiger partial charge is 0.468 e. The van der Waals surface area contributed by atoms with E-state index in [-0.39, 0.29) is 18.1 Å². The molecule has 2 saturated heterocycles. The minimum atomic E-state index is -3.55. The summed E-state index contributed by atoms with van der Waals surface area (Å²) in [5.74, 6) is -1.27. The minimum absolute atomic E-state index is 0.0293. The van der Waals surface area contributed by atoms with Crippen molar-refractivity contribution in [1.29, 1.82) is 0 Å². The summed E-state index contributed by atoms with van der Waals surface area (Å²) in [4.78, 5) is 11.1. The monoisotopic (exact) mass is 262 g/mol. The molecule has 0 saturated carbocycles. The van der Waals surface area contributed by atoms with Gasteiger partial charge in [0.1, 0.15) is 0 Å². The van der Waals surface area contributed by atoms with Crippen LogP contribution in [0.25, 0.3) is 0 Å². The number of sulfonamides is 1. The molecule has 2 unspecified atom stereocenters. The summed E-state index contributed by atoms with van der Waals surface area (Å²) in [6, 6.07) is 0.0221. The Bertz CT molecular complexity index is 395. The van der Waals surface area contributed by atoms with Gasteiger partial charge in [-0.2, -0.15) is 4.31 Å². The molecule has 0 aromatic rings. The van der Waals surface area contributed by atoms with Crippen LogP contribution in [0.4, 0.5) is 0 Å². The number of methoxy groups -OCH3 is 1. The normalized spacial score (nSPS) is 33.6. The van der Waals surface area contributed by atoms with Crippen LogP contribution in [0.3, 0.4) is 0 Å². The van der Waals surface area contributed by atoms with Gasteiger partial charge in [-0.3, -0.25) is 4.79 Å². The van der Waals surface area contributed by atoms with Crippen molar-refractivity contribution in [1.82, 2.24) is 4.31 Å². The minimum Gasteiger partial charge on any atom is -0.468 e. The van der Waals surface area contributed by atoms with E-state index in [0.717, 1.165) is 12.8 Å². The molecule has 2 atom stereocenters. The lowest BCUT2D eigenvalue weighted by Crippen LogP contribution is -2.51. The Hall–Kier alpha value is -0.660. The SMILES string of the molecule is COC(=O)CS(=O)(=O)N1C2CCC1CC(N)C2. The number of rotatable bonds is 3. The van der Waals surface area contributed by atoms with Crippen molar-refractivity contribution in [2.75, 3.05) is 12.9 Å². The maximum absolute atomic E-state index is 12.1. The first-order valence-electron chi connectivity index (χ1n) is 5.77. The number of hydrogen-bond acceptors (Lipinski definition) is 5. The molecule has 2 aliphatic heterocycles. The van der Waals surface area contributed by atoms with E-state index in [9.17, 15) is 13.2 Å². The second-order valence-electron chi connectivity index (χ2n) is 4.78. The number of nitrogens with two attached hydrogens (primary N) is 1. The molecule has 17 heavy (non-hydrogen) atoms. The van der Waals surface area contributed by atoms with Crippen molar-refractivity contribution in [3.63, 3.8) is 0 Å². The van der Waals surface area contributed by atoms with Crippen molar-refractivity contribution in [2.45, 2.75) is 43.8 Å². The number of esters is 1. The number of carbonyl (C=O) groups is 1. The van der Waals surface area contributed by atoms with Crippen molar-refractivity contribution >= 4 is 16.0 Å². The third-order valence-electron chi connectivity index (χ3n) is 3.55. The second kappa shape index (κ2) is 4.55. The molecule has 7 heteroatoms. The quantitative estimate of drug-likeness (QED) is 0.689. The van der Waals surface area contributed by atoms with Crippen LogP contribution in [0.1, 0.15) is 25.7 Å². The highest BCUT2D eigenvalue weighted by atomic mass is 32.2. The number of hydrogen-bond donors (Lipinski definition) is 1. The van der Waals surface area contributed by atoms with Crippen LogP contribution in [0.5, 0.6) is 0 Å². The summed E-state index contributed by atoms with van der Waals surface area (Å²) >= 11 is 0. The first-order valence-corrected chi connectivity index (χ1v) is 7.38. The van der Waals surface area contributed by atoms with Crippen LogP contribution in [-0.4, -0.2) is 49.7 Å². The molecule has 2 N–H and O–H groups in total. The highest BCUT2D eigenvalue weighted by Crippen LogP contribution is 2.37. The first kappa shape index (κ1) is 12.8. The summed E-state index contributed by atoms with van der Waals surface area (Å²) in [7, 11) is -2.36. The van der Waals surface area contributed by atoms with E-state index in [1.165, 1.54) is 11.4 Å². The van der Waals surface area contributed by atoms with Crippen LogP contribution in [0.15, 0.2) is 0 Å². The van der Waals surface area contributed by atoms with Crippen LogP contribution in [0, 0.1) is 0 Å². The summed E-state index contributed by atoms with van der Waals surface area (Å²) in [6.45, 7) is 0. The highest BCUT2D eigenvalue weighted by molar-refractivity contribution is 7.89. The van der Waals surface area contributed by atoms with E-state index in [2.05, 4.69) is 4.74 Å². The summed E-state index contributed by atoms with van der Waals surface area (Å²) in [5, 5.41) is 0. The lowest BCUT2D eigenvalue weighted by molar-refractivity contribution is -0.137. The van der Waals surface area contributed by atoms with E-state index in [0.29, 0.717) is 12.8 Å². The number of piperidine rings is 1. The number of carbonyl (C=O) groups excluding carboxylic acids is 1. The Labute approximate surface area is 101 Å². The van der Waals surface area contributed by atoms with Gasteiger partial charge in [0, 0.05) is 18.1 Å². The van der Waals surface area contributed by atoms with Crippen molar-refractivity contribution < 1.29 is 17.9 Å². The Morgan fingerprint density at radius 2 is 1.88 bits per heavy atom. The van der Waals surface area contributed by atoms with Gasteiger partial charge < -0.3 is 10.5 Å². The molecule has 2 rings (SSSR count). The average molecular weight is 262 g/mol. The van der Waals surface area contributed by atoms with Gasteiger partial charge >= 0.3 is 5.97 Å². The standard InChI is InChI=1S/C10H18N2O4S/c1-16-10(13)6-17(14,15)12-8-2-3-9(12)5-7(11)4-8/h7-9H,2-6,11H2,1H3. The van der Waals surface area contributed by atoms with Crippen LogP contribution >= 0.6 is 0 Å². The molecule has 98 valence electrons. The lowest BCUT2D eigenvalue weighted by atomic mass is 10.0. The zero-order chi connectivity index (χ0) is 12.6. The molecule has 2 bridgehead atoms. The molecule has 0 aromatic heterocycles. The van der Waals surface area contributed by atoms with E-state index in [1.54, 1.807) is 0 Å². The molecule has 0 aromatic carbocycles. The van der Waals surface area contributed by atoms with Crippen LogP contribution in [0.2, 0.25) is 0 Å². The Morgan fingerprint density at radius 3 is 2.35 bits per heavy atom. The third kappa shape index (κ3) is 2.46. The molecule has 0 aliphatic carbocycles. The topological polar surface area (TPSA) is 89.7 Å². The molecule has 0 amide bonds. The zero-order valence-electron chi connectivity index (χ0n) is 9.83. The fourth-order valence-electron chi connectivity index (χ4n) is 2.91. The lowest BCUT2D eigenvalue weighted by Gasteiger charge is -2.36. The van der Waals surface area contributed by atoms with Crippen molar-refractivity contribution in [3.8, 4) is 0 Å². The average Bonchev–Trinajstić information content (AvgIpc) is 2.52. The van der Waals surface area contributed by atoms with Crippen LogP contribution < -0.4 is 5.73 Å². The first-order chi connectivity index (χ1) is 7.94. The van der Waals surface area contributed by atoms with Gasteiger partial charge in [0.25, 0.3) is 0 Å². The summed E-state index contributed by atoms with van der Waals surface area (Å²) in [6.07, 6.45) is 3.07. The van der Waals surface area contributed by atoms with Gasteiger partial charge in [-0.15, -0.1) is 0 Å². The van der Waals surface area contributed by atoms with E-state index < -0.39 is 21.7 Å². The third-order valence-corrected chi connectivity index (χ3v) is 5.39. The van der Waals surface area contributed by atoms with Gasteiger partial charge in [-0.1, -0.05) is 0 Å². The fraction of sp³-hybridized carbons (Fsp3) is 0.900. The van der Waals surface area contributed by atoms with E-state index >= 15 is 0 Å². The smallest absolute Gasteiger partial charge is 0.322 e. The molecule has 2 aliphatic rings. The number of fused-ring (bicyclic) bond motifs is 2. The summed E-state index contributed by atoms with van der Waals surface area (Å²) < 4.78 is 30.1. The fourth-order valence-corrected chi connectivity index (χ4v) is 4.77. The molecule has 0 spiro atoms. The van der Waals surface area contributed by atoms with E-state index in [1.807, 2.05) is 0 Å². The predicted molar refractivity (Wildman–Crippen MR) is 61.7 cm³/mol. The second-order valence-corrected chi connectivity index (χ2v) is 6.65. The molecular weight excluding hydrogens is 244 g/mol. The van der Waals surface area contributed by atoms with Gasteiger partial charge in [-0.05, 0) is 25.7 Å². The Kier molecular flexibility index (Phi) is 3.42. The molecule has 2 fully saturated rings. The number of nitrogens with zero attached hydrogens (tertiary/aromatic N) is 1. The highest BCUT2D eigenvalue weighted by Gasteiger charge is 2.46. The summed E-state index contributed by atoms with van der Waals surface area (Å²) in [5.41, 5.74) is 5.88. The van der Waals surface area contributed by atoms with Gasteiger partial charge in [-0.25, -0.2) is 8.42 Å². The molecule has 6 nitrogen and oxygen atoms in total. The Morgan fingerprint density at radius 1 is 1.35 bits per heavy atom. The van der Waals surface area contributed by atoms with Crippen LogP contribution in [-0.2, 0) is 19.6 Å². The van der Waals surface area contributed by atoms with Gasteiger partial charge in [0.15, 0.2) is 5.75 Å².